The van der Waals surface area contributed by atoms with Crippen LogP contribution in [0.3, 0.4) is 0 Å². The zero-order chi connectivity index (χ0) is 11.6. The van der Waals surface area contributed by atoms with E-state index >= 15 is 0 Å². The van der Waals surface area contributed by atoms with Gasteiger partial charge in [0.15, 0.2) is 11.1 Å². The summed E-state index contributed by atoms with van der Waals surface area (Å²) in [6, 6.07) is 0. The zero-order valence-electron chi connectivity index (χ0n) is 8.39. The molecule has 0 radical (unpaired) electrons. The van der Waals surface area contributed by atoms with Crippen LogP contribution in [0.25, 0.3) is 0 Å². The average molecular weight is 232 g/mol. The molecule has 15 heavy (non-hydrogen) atoms. The number of nitrogens with one attached hydrogen (secondary N) is 1. The van der Waals surface area contributed by atoms with E-state index in [2.05, 4.69) is 5.32 Å². The van der Waals surface area contributed by atoms with Crippen LogP contribution in [-0.2, 0) is 11.1 Å². The van der Waals surface area contributed by atoms with Crippen molar-refractivity contribution in [3.63, 3.8) is 0 Å². The van der Waals surface area contributed by atoms with Crippen LogP contribution in [0.5, 0.6) is 0 Å². The maximum Gasteiger partial charge on any atom is 0.289 e. The molecular weight excluding hydrogens is 220 g/mol. The molecule has 0 aromatic rings. The molecule has 1 aliphatic rings. The molecule has 0 amide bonds. The van der Waals surface area contributed by atoms with E-state index in [0.29, 0.717) is 12.1 Å². The van der Waals surface area contributed by atoms with Gasteiger partial charge < -0.3 is 9.87 Å². The first-order valence-corrected chi connectivity index (χ1v) is 5.45. The average Bonchev–Trinajstić information content (AvgIpc) is 2.16. The minimum absolute atomic E-state index is 0.131. The molecule has 0 saturated heterocycles. The molecule has 0 aromatic carbocycles. The lowest BCUT2D eigenvalue weighted by Crippen LogP contribution is -2.21. The Balaban J connectivity index is 3.19. The summed E-state index contributed by atoms with van der Waals surface area (Å²) in [6.45, 7) is 1.76. The molecule has 0 fully saturated rings. The molecule has 2 N–H and O–H groups in total. The van der Waals surface area contributed by atoms with Crippen molar-refractivity contribution in [1.82, 2.24) is 5.32 Å². The van der Waals surface area contributed by atoms with E-state index in [1.165, 1.54) is 6.08 Å². The molecule has 2 atom stereocenters. The van der Waals surface area contributed by atoms with E-state index in [1.54, 1.807) is 14.0 Å². The Labute approximate surface area is 89.5 Å². The van der Waals surface area contributed by atoms with E-state index in [1.807, 2.05) is 0 Å². The van der Waals surface area contributed by atoms with Crippen molar-refractivity contribution in [2.24, 2.45) is 5.92 Å². The zero-order valence-corrected chi connectivity index (χ0v) is 9.21. The van der Waals surface area contributed by atoms with E-state index < -0.39 is 16.0 Å². The maximum absolute atomic E-state index is 10.9. The van der Waals surface area contributed by atoms with Crippen molar-refractivity contribution in [3.05, 3.63) is 32.5 Å². The fourth-order valence-electron chi connectivity index (χ4n) is 1.49. The maximum atomic E-state index is 10.9. The van der Waals surface area contributed by atoms with Crippen LogP contribution in [0.15, 0.2) is 22.4 Å². The second kappa shape index (κ2) is 4.54. The van der Waals surface area contributed by atoms with Crippen molar-refractivity contribution in [3.8, 4) is 0 Å². The van der Waals surface area contributed by atoms with Crippen molar-refractivity contribution in [1.29, 1.82) is 0 Å². The number of nitro groups is 1. The highest BCUT2D eigenvalue weighted by atomic mass is 32.2. The van der Waals surface area contributed by atoms with Gasteiger partial charge in [-0.2, -0.15) is 0 Å². The van der Waals surface area contributed by atoms with Crippen molar-refractivity contribution in [2.75, 3.05) is 7.05 Å². The monoisotopic (exact) mass is 232 g/mol. The quantitative estimate of drug-likeness (QED) is 0.427. The number of nitrogens with zero attached hydrogens (tertiary/aromatic N) is 1. The molecule has 0 heterocycles. The van der Waals surface area contributed by atoms with Crippen LogP contribution in [0.4, 0.5) is 0 Å². The van der Waals surface area contributed by atoms with Gasteiger partial charge in [0, 0.05) is 19.5 Å². The predicted octanol–water partition coefficient (Wildman–Crippen LogP) is 0.839. The highest BCUT2D eigenvalue weighted by Crippen LogP contribution is 2.29. The first-order valence-electron chi connectivity index (χ1n) is 4.35. The molecule has 1 rings (SSSR count). The first-order chi connectivity index (χ1) is 6.97. The van der Waals surface area contributed by atoms with Gasteiger partial charge in [0.2, 0.25) is 0 Å². The second-order valence-electron chi connectivity index (χ2n) is 3.27. The minimum Gasteiger partial charge on any atom is -0.386 e. The van der Waals surface area contributed by atoms with Crippen LogP contribution in [-0.4, -0.2) is 20.7 Å². The standard InChI is InChI=1S/C8H12N2O4S/c1-5-3-6(9-2)7(10(11)12)4-8(5)15(13)14/h4-5,9H,3H2,1-2H3,(H,13,14). The van der Waals surface area contributed by atoms with Gasteiger partial charge >= 0.3 is 0 Å². The van der Waals surface area contributed by atoms with E-state index in [0.717, 1.165) is 0 Å². The molecule has 0 saturated carbocycles. The van der Waals surface area contributed by atoms with Gasteiger partial charge in [-0.05, 0) is 5.92 Å². The third kappa shape index (κ3) is 2.42. The predicted molar refractivity (Wildman–Crippen MR) is 55.7 cm³/mol. The topological polar surface area (TPSA) is 92.5 Å². The summed E-state index contributed by atoms with van der Waals surface area (Å²) in [5, 5.41) is 13.4. The Morgan fingerprint density at radius 1 is 1.73 bits per heavy atom. The highest BCUT2D eigenvalue weighted by Gasteiger charge is 2.28. The van der Waals surface area contributed by atoms with Gasteiger partial charge in [0.25, 0.3) is 5.70 Å². The van der Waals surface area contributed by atoms with E-state index in [9.17, 15) is 14.3 Å². The Hall–Kier alpha value is -1.21. The van der Waals surface area contributed by atoms with Gasteiger partial charge in [-0.3, -0.25) is 10.1 Å². The summed E-state index contributed by atoms with van der Waals surface area (Å²) in [7, 11) is 1.60. The molecular formula is C8H12N2O4S. The molecule has 7 heteroatoms. The summed E-state index contributed by atoms with van der Waals surface area (Å²) >= 11 is -2.14. The highest BCUT2D eigenvalue weighted by molar-refractivity contribution is 7.83. The summed E-state index contributed by atoms with van der Waals surface area (Å²) in [6.07, 6.45) is 1.56. The smallest absolute Gasteiger partial charge is 0.289 e. The van der Waals surface area contributed by atoms with Gasteiger partial charge in [-0.15, -0.1) is 0 Å². The largest absolute Gasteiger partial charge is 0.386 e. The summed E-state index contributed by atoms with van der Waals surface area (Å²) in [4.78, 5) is 10.3. The molecule has 2 unspecified atom stereocenters. The lowest BCUT2D eigenvalue weighted by atomic mass is 9.98. The molecule has 1 aliphatic carbocycles. The van der Waals surface area contributed by atoms with E-state index in [4.69, 9.17) is 4.55 Å². The van der Waals surface area contributed by atoms with Crippen LogP contribution >= 0.6 is 0 Å². The molecule has 0 bridgehead atoms. The Morgan fingerprint density at radius 2 is 2.33 bits per heavy atom. The third-order valence-corrected chi connectivity index (χ3v) is 3.21. The SMILES string of the molecule is CNC1=C([N+](=O)[O-])C=C(S(=O)O)C(C)C1. The molecule has 84 valence electrons. The normalized spacial score (nSPS) is 23.4. The van der Waals surface area contributed by atoms with Crippen molar-refractivity contribution in [2.45, 2.75) is 13.3 Å². The van der Waals surface area contributed by atoms with Crippen molar-refractivity contribution < 1.29 is 13.7 Å². The first kappa shape index (κ1) is 11.9. The van der Waals surface area contributed by atoms with Crippen molar-refractivity contribution >= 4 is 11.1 Å². The minimum atomic E-state index is -2.14. The Kier molecular flexibility index (Phi) is 3.59. The van der Waals surface area contributed by atoms with Gasteiger partial charge in [-0.25, -0.2) is 4.21 Å². The summed E-state index contributed by atoms with van der Waals surface area (Å²) in [5.74, 6) is -0.165. The number of hydrogen-bond acceptors (Lipinski definition) is 4. The molecule has 0 aromatic heterocycles. The fourth-order valence-corrected chi connectivity index (χ4v) is 2.13. The Bertz CT molecular complexity index is 375. The Morgan fingerprint density at radius 3 is 2.73 bits per heavy atom. The number of allylic oxidation sites excluding steroid dienone is 3. The summed E-state index contributed by atoms with van der Waals surface area (Å²) in [5.41, 5.74) is 0.356. The lowest BCUT2D eigenvalue weighted by Gasteiger charge is -2.19. The van der Waals surface area contributed by atoms with Gasteiger partial charge in [0.1, 0.15) is 0 Å². The van der Waals surface area contributed by atoms with Crippen LogP contribution in [0, 0.1) is 16.0 Å². The second-order valence-corrected chi connectivity index (χ2v) is 4.24. The van der Waals surface area contributed by atoms with E-state index in [-0.39, 0.29) is 16.5 Å². The third-order valence-electron chi connectivity index (χ3n) is 2.28. The molecule has 0 spiro atoms. The fraction of sp³-hybridized carbons (Fsp3) is 0.500. The molecule has 0 aliphatic heterocycles. The lowest BCUT2D eigenvalue weighted by molar-refractivity contribution is -0.421. The van der Waals surface area contributed by atoms with Crippen LogP contribution < -0.4 is 5.32 Å². The molecule has 6 nitrogen and oxygen atoms in total. The van der Waals surface area contributed by atoms with Crippen LogP contribution in [0.1, 0.15) is 13.3 Å². The van der Waals surface area contributed by atoms with Gasteiger partial charge in [-0.1, -0.05) is 6.92 Å². The number of hydrogen-bond donors (Lipinski definition) is 2. The summed E-state index contributed by atoms with van der Waals surface area (Å²) < 4.78 is 19.8. The van der Waals surface area contributed by atoms with Gasteiger partial charge in [0.05, 0.1) is 15.5 Å². The number of rotatable bonds is 3. The van der Waals surface area contributed by atoms with Crippen LogP contribution in [0.2, 0.25) is 0 Å².